The molecule has 2 N–H and O–H groups in total. The van der Waals surface area contributed by atoms with Crippen molar-refractivity contribution in [3.8, 4) is 11.6 Å². The van der Waals surface area contributed by atoms with Crippen molar-refractivity contribution in [2.45, 2.75) is 6.54 Å². The number of halogens is 1. The maximum atomic E-state index is 12.9. The van der Waals surface area contributed by atoms with Crippen LogP contribution in [0.25, 0.3) is 11.0 Å². The summed E-state index contributed by atoms with van der Waals surface area (Å²) in [5.41, 5.74) is 2.03. The average Bonchev–Trinajstić information content (AvgIpc) is 3.02. The molecule has 0 atom stereocenters. The fourth-order valence-corrected chi connectivity index (χ4v) is 2.76. The molecule has 1 amide bonds. The highest BCUT2D eigenvalue weighted by Crippen LogP contribution is 2.18. The lowest BCUT2D eigenvalue weighted by atomic mass is 10.2. The van der Waals surface area contributed by atoms with Gasteiger partial charge in [0.15, 0.2) is 0 Å². The Morgan fingerprint density at radius 3 is 2.69 bits per heavy atom. The Kier molecular flexibility index (Phi) is 4.78. The molecule has 9 heteroatoms. The van der Waals surface area contributed by atoms with Crippen molar-refractivity contribution in [2.24, 2.45) is 7.05 Å². The highest BCUT2D eigenvalue weighted by Gasteiger charge is 2.10. The van der Waals surface area contributed by atoms with Gasteiger partial charge in [0, 0.05) is 12.6 Å². The summed E-state index contributed by atoms with van der Waals surface area (Å²) in [6.45, 7) is 0.173. The number of aromatic amines is 1. The van der Waals surface area contributed by atoms with Crippen LogP contribution in [0.3, 0.4) is 0 Å². The minimum Gasteiger partial charge on any atom is -0.438 e. The zero-order chi connectivity index (χ0) is 20.4. The number of fused-ring (bicyclic) bond motifs is 1. The molecule has 146 valence electrons. The van der Waals surface area contributed by atoms with Crippen LogP contribution in [0.2, 0.25) is 0 Å². The van der Waals surface area contributed by atoms with Gasteiger partial charge in [0.05, 0.1) is 35.7 Å². The highest BCUT2D eigenvalue weighted by molar-refractivity contribution is 5.97. The molecule has 0 aliphatic carbocycles. The van der Waals surface area contributed by atoms with Crippen LogP contribution in [0.15, 0.2) is 59.7 Å². The molecule has 0 saturated carbocycles. The van der Waals surface area contributed by atoms with Crippen molar-refractivity contribution in [2.75, 3.05) is 0 Å². The molecule has 8 nitrogen and oxygen atoms in total. The molecule has 4 aromatic rings. The van der Waals surface area contributed by atoms with Crippen molar-refractivity contribution in [3.05, 3.63) is 82.4 Å². The van der Waals surface area contributed by atoms with Crippen LogP contribution in [-0.4, -0.2) is 25.4 Å². The number of nitrogens with zero attached hydrogens (tertiary/aromatic N) is 3. The second-order valence-corrected chi connectivity index (χ2v) is 6.31. The predicted molar refractivity (Wildman–Crippen MR) is 103 cm³/mol. The second kappa shape index (κ2) is 7.55. The summed E-state index contributed by atoms with van der Waals surface area (Å²) >= 11 is 0. The van der Waals surface area contributed by atoms with Crippen LogP contribution in [0.4, 0.5) is 4.39 Å². The summed E-state index contributed by atoms with van der Waals surface area (Å²) in [4.78, 5) is 35.0. The number of H-pyrrole nitrogens is 1. The van der Waals surface area contributed by atoms with Crippen molar-refractivity contribution in [3.63, 3.8) is 0 Å². The number of aryl methyl sites for hydroxylation is 1. The van der Waals surface area contributed by atoms with E-state index in [9.17, 15) is 14.0 Å². The van der Waals surface area contributed by atoms with Gasteiger partial charge in [-0.15, -0.1) is 0 Å². The van der Waals surface area contributed by atoms with Gasteiger partial charge < -0.3 is 15.0 Å². The van der Waals surface area contributed by atoms with Crippen LogP contribution in [0.1, 0.15) is 16.1 Å². The number of rotatable bonds is 5. The molecule has 0 aliphatic heterocycles. The van der Waals surface area contributed by atoms with E-state index in [1.807, 2.05) is 0 Å². The van der Waals surface area contributed by atoms with Gasteiger partial charge >= 0.3 is 5.69 Å². The van der Waals surface area contributed by atoms with Crippen molar-refractivity contribution in [1.29, 1.82) is 0 Å². The molecule has 2 heterocycles. The molecule has 0 spiro atoms. The first kappa shape index (κ1) is 18.4. The van der Waals surface area contributed by atoms with Crippen LogP contribution in [0.5, 0.6) is 11.6 Å². The Labute approximate surface area is 164 Å². The second-order valence-electron chi connectivity index (χ2n) is 6.31. The maximum Gasteiger partial charge on any atom is 0.326 e. The van der Waals surface area contributed by atoms with Crippen molar-refractivity contribution < 1.29 is 13.9 Å². The molecule has 0 saturated heterocycles. The SMILES string of the molecule is Cn1c(=O)[nH]c2cc(C(=O)NCc3cnc(Oc4ccc(F)cc4)cn3)ccc21. The molecule has 2 aromatic heterocycles. The topological polar surface area (TPSA) is 102 Å². The zero-order valence-electron chi connectivity index (χ0n) is 15.3. The van der Waals surface area contributed by atoms with E-state index in [2.05, 4.69) is 20.3 Å². The summed E-state index contributed by atoms with van der Waals surface area (Å²) in [6.07, 6.45) is 2.91. The minimum atomic E-state index is -0.354. The van der Waals surface area contributed by atoms with E-state index >= 15 is 0 Å². The Balaban J connectivity index is 1.39. The molecule has 4 rings (SSSR count). The third-order valence-electron chi connectivity index (χ3n) is 4.31. The molecule has 0 unspecified atom stereocenters. The van der Waals surface area contributed by atoms with Gasteiger partial charge in [-0.05, 0) is 42.5 Å². The van der Waals surface area contributed by atoms with Crippen molar-refractivity contribution >= 4 is 16.9 Å². The zero-order valence-corrected chi connectivity index (χ0v) is 15.3. The van der Waals surface area contributed by atoms with Crippen LogP contribution in [-0.2, 0) is 13.6 Å². The average molecular weight is 393 g/mol. The van der Waals surface area contributed by atoms with Gasteiger partial charge in [-0.25, -0.2) is 14.2 Å². The van der Waals surface area contributed by atoms with Crippen molar-refractivity contribution in [1.82, 2.24) is 24.8 Å². The molecule has 0 aliphatic rings. The number of imidazole rings is 1. The number of nitrogens with one attached hydrogen (secondary N) is 2. The minimum absolute atomic E-state index is 0.173. The number of benzene rings is 2. The lowest BCUT2D eigenvalue weighted by Crippen LogP contribution is -2.23. The lowest BCUT2D eigenvalue weighted by molar-refractivity contribution is 0.0950. The normalized spacial score (nSPS) is 10.8. The Hall–Kier alpha value is -4.01. The number of carbonyl (C=O) groups excluding carboxylic acids is 1. The first-order valence-corrected chi connectivity index (χ1v) is 8.71. The molecule has 29 heavy (non-hydrogen) atoms. The van der Waals surface area contributed by atoms with Gasteiger partial charge in [0.25, 0.3) is 5.91 Å². The predicted octanol–water partition coefficient (Wildman–Crippen LogP) is 2.52. The quantitative estimate of drug-likeness (QED) is 0.543. The summed E-state index contributed by atoms with van der Waals surface area (Å²) in [7, 11) is 1.66. The maximum absolute atomic E-state index is 12.9. The van der Waals surface area contributed by atoms with Crippen LogP contribution < -0.4 is 15.7 Å². The molecule has 2 aromatic carbocycles. The van der Waals surface area contributed by atoms with E-state index < -0.39 is 0 Å². The number of ether oxygens (including phenoxy) is 1. The van der Waals surface area contributed by atoms with Crippen LogP contribution >= 0.6 is 0 Å². The molecule has 0 radical (unpaired) electrons. The molecular weight excluding hydrogens is 377 g/mol. The van der Waals surface area contributed by atoms with Crippen LogP contribution in [0, 0.1) is 5.82 Å². The summed E-state index contributed by atoms with van der Waals surface area (Å²) in [5.74, 6) is 0.0404. The fraction of sp³-hybridized carbons (Fsp3) is 0.100. The Bertz CT molecular complexity index is 1230. The first-order chi connectivity index (χ1) is 14.0. The number of carbonyl (C=O) groups is 1. The van der Waals surface area contributed by atoms with E-state index in [1.165, 1.54) is 41.2 Å². The third kappa shape index (κ3) is 3.98. The lowest BCUT2D eigenvalue weighted by Gasteiger charge is -2.07. The van der Waals surface area contributed by atoms with Gasteiger partial charge in [-0.1, -0.05) is 0 Å². The van der Waals surface area contributed by atoms with Gasteiger partial charge in [0.2, 0.25) is 5.88 Å². The van der Waals surface area contributed by atoms with Gasteiger partial charge in [0.1, 0.15) is 11.6 Å². The third-order valence-corrected chi connectivity index (χ3v) is 4.31. The fourth-order valence-electron chi connectivity index (χ4n) is 2.76. The monoisotopic (exact) mass is 393 g/mol. The molecule has 0 bridgehead atoms. The molecule has 0 fully saturated rings. The smallest absolute Gasteiger partial charge is 0.326 e. The highest BCUT2D eigenvalue weighted by atomic mass is 19.1. The number of aromatic nitrogens is 4. The summed E-state index contributed by atoms with van der Waals surface area (Å²) in [5, 5.41) is 2.75. The van der Waals surface area contributed by atoms with E-state index in [4.69, 9.17) is 4.74 Å². The summed E-state index contributed by atoms with van der Waals surface area (Å²) < 4.78 is 19.9. The van der Waals surface area contributed by atoms with E-state index in [0.717, 1.165) is 0 Å². The number of amides is 1. The standard InChI is InChI=1S/C20H16FN5O3/c1-26-17-7-2-12(8-16(17)25-20(26)28)19(27)24-10-14-9-23-18(11-22-14)29-15-5-3-13(21)4-6-15/h2-9,11H,10H2,1H3,(H,24,27)(H,25,28). The number of hydrogen-bond donors (Lipinski definition) is 2. The van der Waals surface area contributed by atoms with E-state index in [0.29, 0.717) is 28.0 Å². The van der Waals surface area contributed by atoms with Gasteiger partial charge in [-0.2, -0.15) is 0 Å². The van der Waals surface area contributed by atoms with Gasteiger partial charge in [-0.3, -0.25) is 14.3 Å². The largest absolute Gasteiger partial charge is 0.438 e. The van der Waals surface area contributed by atoms with E-state index in [1.54, 1.807) is 25.2 Å². The first-order valence-electron chi connectivity index (χ1n) is 8.71. The Morgan fingerprint density at radius 1 is 1.17 bits per heavy atom. The summed E-state index contributed by atoms with van der Waals surface area (Å²) in [6, 6.07) is 10.5. The Morgan fingerprint density at radius 2 is 1.97 bits per heavy atom. The number of hydrogen-bond acceptors (Lipinski definition) is 5. The molecular formula is C20H16FN5O3. The van der Waals surface area contributed by atoms with E-state index in [-0.39, 0.29) is 29.8 Å².